The van der Waals surface area contributed by atoms with Gasteiger partial charge in [0.1, 0.15) is 11.1 Å². The van der Waals surface area contributed by atoms with E-state index in [1.807, 2.05) is 84.9 Å². The van der Waals surface area contributed by atoms with Crippen molar-refractivity contribution in [3.8, 4) is 11.5 Å². The molecule has 6 rings (SSSR count). The van der Waals surface area contributed by atoms with E-state index < -0.39 is 23.8 Å². The van der Waals surface area contributed by atoms with Gasteiger partial charge in [-0.05, 0) is 35.7 Å². The molecule has 0 aliphatic carbocycles. The van der Waals surface area contributed by atoms with E-state index in [9.17, 15) is 9.59 Å². The van der Waals surface area contributed by atoms with E-state index in [0.717, 1.165) is 21.9 Å². The highest BCUT2D eigenvalue weighted by atomic mass is 16.6. The number of esters is 2. The molecule has 4 aromatic rings. The number of carbonyl (C=O) groups is 2. The molecule has 2 atom stereocenters. The summed E-state index contributed by atoms with van der Waals surface area (Å²) in [6.45, 7) is 3.83. The van der Waals surface area contributed by atoms with Gasteiger partial charge in [-0.3, -0.25) is 0 Å². The van der Waals surface area contributed by atoms with Gasteiger partial charge in [0.2, 0.25) is 11.8 Å². The van der Waals surface area contributed by atoms with Crippen LogP contribution in [-0.4, -0.2) is 25.2 Å². The highest BCUT2D eigenvalue weighted by Crippen LogP contribution is 2.57. The molecule has 0 radical (unpaired) electrons. The lowest BCUT2D eigenvalue weighted by molar-refractivity contribution is -0.140. The number of carbonyl (C=O) groups excluding carboxylic acids is 2. The highest BCUT2D eigenvalue weighted by molar-refractivity contribution is 6.02. The summed E-state index contributed by atoms with van der Waals surface area (Å²) >= 11 is 0. The Morgan fingerprint density at radius 1 is 0.619 bits per heavy atom. The van der Waals surface area contributed by atoms with Crippen LogP contribution >= 0.6 is 0 Å². The molecule has 8 heteroatoms. The molecule has 0 saturated carbocycles. The topological polar surface area (TPSA) is 123 Å². The zero-order chi connectivity index (χ0) is 29.4. The Kier molecular flexibility index (Phi) is 7.04. The monoisotopic (exact) mass is 562 g/mol. The highest BCUT2D eigenvalue weighted by Gasteiger charge is 2.44. The van der Waals surface area contributed by atoms with Crippen molar-refractivity contribution in [3.63, 3.8) is 0 Å². The number of nitrogens with two attached hydrogens (primary N) is 2. The Bertz CT molecular complexity index is 1630. The third-order valence-electron chi connectivity index (χ3n) is 7.57. The first-order valence-corrected chi connectivity index (χ1v) is 13.8. The molecular formula is C34H30N2O6. The van der Waals surface area contributed by atoms with Crippen molar-refractivity contribution in [1.82, 2.24) is 0 Å². The zero-order valence-electron chi connectivity index (χ0n) is 23.3. The molecule has 4 N–H and O–H groups in total. The minimum atomic E-state index is -0.625. The van der Waals surface area contributed by atoms with Crippen LogP contribution in [0.2, 0.25) is 0 Å². The fourth-order valence-electron chi connectivity index (χ4n) is 5.93. The van der Waals surface area contributed by atoms with E-state index in [1.165, 1.54) is 0 Å². The summed E-state index contributed by atoms with van der Waals surface area (Å²) in [6, 6.07) is 26.9. The Labute approximate surface area is 243 Å². The van der Waals surface area contributed by atoms with Crippen LogP contribution in [0.5, 0.6) is 11.5 Å². The van der Waals surface area contributed by atoms with Crippen LogP contribution in [0.4, 0.5) is 0 Å². The van der Waals surface area contributed by atoms with Gasteiger partial charge in [-0.1, -0.05) is 84.9 Å². The lowest BCUT2D eigenvalue weighted by Gasteiger charge is -2.35. The van der Waals surface area contributed by atoms with Crippen molar-refractivity contribution in [2.75, 3.05) is 13.2 Å². The predicted molar refractivity (Wildman–Crippen MR) is 157 cm³/mol. The molecule has 2 unspecified atom stereocenters. The van der Waals surface area contributed by atoms with Crippen LogP contribution in [0, 0.1) is 0 Å². The summed E-state index contributed by atoms with van der Waals surface area (Å²) in [5.41, 5.74) is 16.4. The fraction of sp³-hybridized carbons (Fsp3) is 0.176. The lowest BCUT2D eigenvalue weighted by atomic mass is 9.75. The standard InChI is InChI=1S/C34H30N2O6/c1-3-39-33(37)27-23(19-13-7-5-8-14-19)25-21-17-11-12-18-22(21)26-24(20-15-9-6-10-16-20)28(34(38)40-4-2)32(36)42-30(26)29(25)41-31(27)35/h5-18,23-24H,3-4,35-36H2,1-2H3. The average molecular weight is 563 g/mol. The van der Waals surface area contributed by atoms with E-state index in [1.54, 1.807) is 13.8 Å². The number of benzene rings is 4. The van der Waals surface area contributed by atoms with Gasteiger partial charge in [-0.25, -0.2) is 9.59 Å². The molecule has 2 aliphatic rings. The maximum absolute atomic E-state index is 13.3. The molecule has 0 spiro atoms. The smallest absolute Gasteiger partial charge is 0.340 e. The van der Waals surface area contributed by atoms with Crippen LogP contribution in [0.1, 0.15) is 47.9 Å². The minimum Gasteiger partial charge on any atom is -0.462 e. The van der Waals surface area contributed by atoms with E-state index in [2.05, 4.69) is 0 Å². The number of ether oxygens (including phenoxy) is 4. The fourth-order valence-corrected chi connectivity index (χ4v) is 5.93. The van der Waals surface area contributed by atoms with Crippen molar-refractivity contribution in [3.05, 3.63) is 130 Å². The first kappa shape index (κ1) is 27.0. The summed E-state index contributed by atoms with van der Waals surface area (Å²) in [7, 11) is 0. The Balaban J connectivity index is 1.71. The first-order valence-electron chi connectivity index (χ1n) is 13.8. The van der Waals surface area contributed by atoms with Crippen molar-refractivity contribution in [2.24, 2.45) is 11.5 Å². The van der Waals surface area contributed by atoms with E-state index >= 15 is 0 Å². The van der Waals surface area contributed by atoms with Crippen LogP contribution in [0.25, 0.3) is 10.8 Å². The van der Waals surface area contributed by atoms with Gasteiger partial charge < -0.3 is 30.4 Å². The second kappa shape index (κ2) is 11.0. The summed E-state index contributed by atoms with van der Waals surface area (Å²) in [5.74, 6) is -1.91. The number of fused-ring (bicyclic) bond motifs is 6. The van der Waals surface area contributed by atoms with Gasteiger partial charge in [-0.15, -0.1) is 0 Å². The van der Waals surface area contributed by atoms with Gasteiger partial charge in [0, 0.05) is 11.1 Å². The van der Waals surface area contributed by atoms with Gasteiger partial charge in [-0.2, -0.15) is 0 Å². The van der Waals surface area contributed by atoms with Crippen LogP contribution in [-0.2, 0) is 19.1 Å². The lowest BCUT2D eigenvalue weighted by Crippen LogP contribution is -2.31. The predicted octanol–water partition coefficient (Wildman–Crippen LogP) is 5.36. The first-order chi connectivity index (χ1) is 20.5. The van der Waals surface area contributed by atoms with Crippen LogP contribution in [0.3, 0.4) is 0 Å². The molecule has 0 bridgehead atoms. The molecule has 2 heterocycles. The summed E-state index contributed by atoms with van der Waals surface area (Å²) in [5, 5.41) is 1.62. The largest absolute Gasteiger partial charge is 0.462 e. The van der Waals surface area contributed by atoms with Gasteiger partial charge >= 0.3 is 11.9 Å². The number of rotatable bonds is 6. The van der Waals surface area contributed by atoms with Crippen LogP contribution in [0.15, 0.2) is 108 Å². The van der Waals surface area contributed by atoms with E-state index in [4.69, 9.17) is 30.4 Å². The van der Waals surface area contributed by atoms with Crippen molar-refractivity contribution < 1.29 is 28.5 Å². The van der Waals surface area contributed by atoms with Crippen molar-refractivity contribution in [2.45, 2.75) is 25.7 Å². The van der Waals surface area contributed by atoms with Crippen LogP contribution < -0.4 is 20.9 Å². The quantitative estimate of drug-likeness (QED) is 0.301. The maximum atomic E-state index is 13.3. The number of hydrogen-bond donors (Lipinski definition) is 2. The average Bonchev–Trinajstić information content (AvgIpc) is 3.01. The summed E-state index contributed by atoms with van der Waals surface area (Å²) in [4.78, 5) is 26.7. The van der Waals surface area contributed by atoms with E-state index in [0.29, 0.717) is 22.6 Å². The van der Waals surface area contributed by atoms with E-state index in [-0.39, 0.29) is 36.1 Å². The second-order valence-electron chi connectivity index (χ2n) is 9.92. The molecular weight excluding hydrogens is 532 g/mol. The SMILES string of the molecule is CCOC(=O)C1=C(N)Oc2c3c(c4ccccc4c2C1c1ccccc1)C(c1ccccc1)C(C(=O)OCC)=C(N)O3. The molecule has 8 nitrogen and oxygen atoms in total. The molecule has 212 valence electrons. The molecule has 42 heavy (non-hydrogen) atoms. The van der Waals surface area contributed by atoms with Gasteiger partial charge in [0.05, 0.1) is 25.0 Å². The second-order valence-corrected chi connectivity index (χ2v) is 9.92. The molecule has 0 aromatic heterocycles. The summed E-state index contributed by atoms with van der Waals surface area (Å²) < 4.78 is 23.4. The third kappa shape index (κ3) is 4.32. The van der Waals surface area contributed by atoms with Gasteiger partial charge in [0.25, 0.3) is 0 Å². The zero-order valence-corrected chi connectivity index (χ0v) is 23.3. The normalized spacial score (nSPS) is 17.6. The Hall–Kier alpha value is -5.24. The van der Waals surface area contributed by atoms with Crippen molar-refractivity contribution in [1.29, 1.82) is 0 Å². The molecule has 0 saturated heterocycles. The molecule has 2 aliphatic heterocycles. The Morgan fingerprint density at radius 3 is 1.33 bits per heavy atom. The Morgan fingerprint density at radius 2 is 0.976 bits per heavy atom. The maximum Gasteiger partial charge on any atom is 0.340 e. The summed E-state index contributed by atoms with van der Waals surface area (Å²) in [6.07, 6.45) is 0. The molecule has 4 aromatic carbocycles. The third-order valence-corrected chi connectivity index (χ3v) is 7.57. The van der Waals surface area contributed by atoms with Crippen molar-refractivity contribution >= 4 is 22.7 Å². The minimum absolute atomic E-state index is 0.0918. The van der Waals surface area contributed by atoms with Gasteiger partial charge in [0.15, 0.2) is 11.5 Å². The molecule has 0 amide bonds. The molecule has 0 fully saturated rings. The number of hydrogen-bond acceptors (Lipinski definition) is 8.